The van der Waals surface area contributed by atoms with Crippen LogP contribution >= 0.6 is 0 Å². The molecule has 146 valence electrons. The highest BCUT2D eigenvalue weighted by Crippen LogP contribution is 2.37. The van der Waals surface area contributed by atoms with Crippen LogP contribution in [0.4, 0.5) is 5.69 Å². The molecule has 1 aliphatic rings. The second-order valence-corrected chi connectivity index (χ2v) is 7.74. The second kappa shape index (κ2) is 8.26. The van der Waals surface area contributed by atoms with Crippen molar-refractivity contribution in [3.63, 3.8) is 0 Å². The van der Waals surface area contributed by atoms with Crippen LogP contribution in [0.3, 0.4) is 0 Å². The molecular formula is C22H30N2O3. The maximum absolute atomic E-state index is 13.2. The van der Waals surface area contributed by atoms with Crippen LogP contribution in [0.2, 0.25) is 0 Å². The number of hydrogen-bond donors (Lipinski definition) is 1. The van der Waals surface area contributed by atoms with Crippen LogP contribution in [0.5, 0.6) is 5.75 Å². The SMILES string of the molecule is CCOC1(C(=O)Nc2ccc(OC(C)C)c3ncccc23)CCC(C)CC1. The highest BCUT2D eigenvalue weighted by Gasteiger charge is 2.42. The van der Waals surface area contributed by atoms with E-state index in [0.29, 0.717) is 12.5 Å². The molecule has 0 saturated heterocycles. The Bertz CT molecular complexity index is 795. The molecule has 1 aliphatic carbocycles. The zero-order valence-corrected chi connectivity index (χ0v) is 16.7. The largest absolute Gasteiger partial charge is 0.489 e. The van der Waals surface area contributed by atoms with Crippen LogP contribution in [-0.2, 0) is 9.53 Å². The quantitative estimate of drug-likeness (QED) is 0.782. The lowest BCUT2D eigenvalue weighted by Gasteiger charge is -2.37. The topological polar surface area (TPSA) is 60.5 Å². The highest BCUT2D eigenvalue weighted by atomic mass is 16.5. The molecule has 0 unspecified atom stereocenters. The van der Waals surface area contributed by atoms with Crippen molar-refractivity contribution in [3.8, 4) is 5.75 Å². The smallest absolute Gasteiger partial charge is 0.256 e. The van der Waals surface area contributed by atoms with Gasteiger partial charge in [0, 0.05) is 18.2 Å². The number of rotatable bonds is 6. The van der Waals surface area contributed by atoms with Crippen LogP contribution < -0.4 is 10.1 Å². The molecule has 1 amide bonds. The van der Waals surface area contributed by atoms with Gasteiger partial charge in [-0.15, -0.1) is 0 Å². The summed E-state index contributed by atoms with van der Waals surface area (Å²) in [5.41, 5.74) is 0.770. The summed E-state index contributed by atoms with van der Waals surface area (Å²) in [5, 5.41) is 3.99. The van der Waals surface area contributed by atoms with E-state index in [1.807, 2.05) is 45.0 Å². The van der Waals surface area contributed by atoms with Crippen molar-refractivity contribution in [2.75, 3.05) is 11.9 Å². The van der Waals surface area contributed by atoms with Gasteiger partial charge in [-0.1, -0.05) is 6.92 Å². The first kappa shape index (κ1) is 19.6. The second-order valence-electron chi connectivity index (χ2n) is 7.74. The Labute approximate surface area is 161 Å². The first-order valence-corrected chi connectivity index (χ1v) is 9.95. The maximum atomic E-state index is 13.2. The number of carbonyl (C=O) groups is 1. The van der Waals surface area contributed by atoms with Gasteiger partial charge >= 0.3 is 0 Å². The number of aromatic nitrogens is 1. The lowest BCUT2D eigenvalue weighted by atomic mass is 9.78. The van der Waals surface area contributed by atoms with Gasteiger partial charge in [-0.2, -0.15) is 0 Å². The van der Waals surface area contributed by atoms with E-state index in [0.717, 1.165) is 48.0 Å². The van der Waals surface area contributed by atoms with Crippen molar-refractivity contribution in [2.45, 2.75) is 65.1 Å². The molecule has 0 radical (unpaired) electrons. The minimum atomic E-state index is -0.733. The summed E-state index contributed by atoms with van der Waals surface area (Å²) in [6.45, 7) is 8.69. The van der Waals surface area contributed by atoms with Gasteiger partial charge in [-0.05, 0) is 76.6 Å². The van der Waals surface area contributed by atoms with Gasteiger partial charge in [0.2, 0.25) is 0 Å². The number of fused-ring (bicyclic) bond motifs is 1. The lowest BCUT2D eigenvalue weighted by Crippen LogP contribution is -2.48. The molecule has 1 heterocycles. The first-order valence-electron chi connectivity index (χ1n) is 9.95. The van der Waals surface area contributed by atoms with Crippen molar-refractivity contribution in [3.05, 3.63) is 30.5 Å². The Morgan fingerprint density at radius 2 is 2.04 bits per heavy atom. The molecule has 0 aliphatic heterocycles. The number of carbonyl (C=O) groups excluding carboxylic acids is 1. The minimum absolute atomic E-state index is 0.0565. The molecule has 27 heavy (non-hydrogen) atoms. The number of ether oxygens (including phenoxy) is 2. The minimum Gasteiger partial charge on any atom is -0.489 e. The molecule has 0 atom stereocenters. The third-order valence-electron chi connectivity index (χ3n) is 5.26. The Balaban J connectivity index is 1.90. The van der Waals surface area contributed by atoms with Crippen LogP contribution in [0, 0.1) is 5.92 Å². The summed E-state index contributed by atoms with van der Waals surface area (Å²) in [4.78, 5) is 17.7. The van der Waals surface area contributed by atoms with E-state index in [1.165, 1.54) is 0 Å². The predicted molar refractivity (Wildman–Crippen MR) is 108 cm³/mol. The zero-order valence-electron chi connectivity index (χ0n) is 16.7. The fourth-order valence-corrected chi connectivity index (χ4v) is 3.78. The van der Waals surface area contributed by atoms with Gasteiger partial charge < -0.3 is 14.8 Å². The summed E-state index contributed by atoms with van der Waals surface area (Å²) >= 11 is 0. The standard InChI is InChI=1S/C22H30N2O3/c1-5-26-22(12-10-16(4)11-13-22)21(25)24-18-8-9-19(27-15(2)3)20-17(18)7-6-14-23-20/h6-9,14-16H,5,10-13H2,1-4H3,(H,24,25). The number of nitrogens with one attached hydrogen (secondary N) is 1. The summed E-state index contributed by atoms with van der Waals surface area (Å²) in [5.74, 6) is 1.31. The molecule has 1 saturated carbocycles. The van der Waals surface area contributed by atoms with E-state index < -0.39 is 5.60 Å². The van der Waals surface area contributed by atoms with E-state index in [-0.39, 0.29) is 12.0 Å². The third kappa shape index (κ3) is 4.24. The normalized spacial score (nSPS) is 22.8. The summed E-state index contributed by atoms with van der Waals surface area (Å²) in [6.07, 6.45) is 5.34. The van der Waals surface area contributed by atoms with Gasteiger partial charge in [-0.25, -0.2) is 0 Å². The summed E-state index contributed by atoms with van der Waals surface area (Å²) in [7, 11) is 0. The molecule has 1 N–H and O–H groups in total. The molecule has 5 nitrogen and oxygen atoms in total. The number of nitrogens with zero attached hydrogens (tertiary/aromatic N) is 1. The maximum Gasteiger partial charge on any atom is 0.256 e. The molecule has 1 fully saturated rings. The molecule has 3 rings (SSSR count). The average Bonchev–Trinajstić information content (AvgIpc) is 2.65. The molecule has 2 aromatic rings. The van der Waals surface area contributed by atoms with Gasteiger partial charge in [0.05, 0.1) is 11.8 Å². The van der Waals surface area contributed by atoms with E-state index >= 15 is 0 Å². The molecular weight excluding hydrogens is 340 g/mol. The monoisotopic (exact) mass is 370 g/mol. The average molecular weight is 370 g/mol. The molecule has 0 spiro atoms. The first-order chi connectivity index (χ1) is 12.9. The van der Waals surface area contributed by atoms with Gasteiger partial charge in [0.1, 0.15) is 16.9 Å². The van der Waals surface area contributed by atoms with Crippen LogP contribution in [-0.4, -0.2) is 29.2 Å². The third-order valence-corrected chi connectivity index (χ3v) is 5.26. The van der Waals surface area contributed by atoms with E-state index in [9.17, 15) is 4.79 Å². The van der Waals surface area contributed by atoms with Crippen molar-refractivity contribution in [1.82, 2.24) is 4.98 Å². The van der Waals surface area contributed by atoms with E-state index in [1.54, 1.807) is 6.20 Å². The number of anilines is 1. The van der Waals surface area contributed by atoms with Crippen molar-refractivity contribution in [1.29, 1.82) is 0 Å². The number of pyridine rings is 1. The van der Waals surface area contributed by atoms with Gasteiger partial charge in [0.25, 0.3) is 5.91 Å². The van der Waals surface area contributed by atoms with Crippen molar-refractivity contribution in [2.24, 2.45) is 5.92 Å². The zero-order chi connectivity index (χ0) is 19.4. The fraction of sp³-hybridized carbons (Fsp3) is 0.545. The van der Waals surface area contributed by atoms with Crippen molar-refractivity contribution >= 4 is 22.5 Å². The number of amides is 1. The van der Waals surface area contributed by atoms with E-state index in [4.69, 9.17) is 9.47 Å². The Morgan fingerprint density at radius 3 is 2.70 bits per heavy atom. The number of hydrogen-bond acceptors (Lipinski definition) is 4. The van der Waals surface area contributed by atoms with Gasteiger partial charge in [0.15, 0.2) is 0 Å². The van der Waals surface area contributed by atoms with E-state index in [2.05, 4.69) is 17.2 Å². The van der Waals surface area contributed by atoms with Crippen LogP contribution in [0.15, 0.2) is 30.5 Å². The summed E-state index contributed by atoms with van der Waals surface area (Å²) < 4.78 is 11.9. The molecule has 5 heteroatoms. The summed E-state index contributed by atoms with van der Waals surface area (Å²) in [6, 6.07) is 7.60. The Hall–Kier alpha value is -2.14. The Morgan fingerprint density at radius 1 is 1.30 bits per heavy atom. The fourth-order valence-electron chi connectivity index (χ4n) is 3.78. The Kier molecular flexibility index (Phi) is 6.00. The highest BCUT2D eigenvalue weighted by molar-refractivity contribution is 6.05. The molecule has 1 aromatic carbocycles. The predicted octanol–water partition coefficient (Wildman–Crippen LogP) is 4.95. The van der Waals surface area contributed by atoms with Gasteiger partial charge in [-0.3, -0.25) is 9.78 Å². The van der Waals surface area contributed by atoms with Crippen LogP contribution in [0.25, 0.3) is 10.9 Å². The number of benzene rings is 1. The molecule has 1 aromatic heterocycles. The lowest BCUT2D eigenvalue weighted by molar-refractivity contribution is -0.146. The van der Waals surface area contributed by atoms with Crippen molar-refractivity contribution < 1.29 is 14.3 Å². The molecule has 0 bridgehead atoms. The van der Waals surface area contributed by atoms with Crippen LogP contribution in [0.1, 0.15) is 53.4 Å².